The predicted molar refractivity (Wildman–Crippen MR) is 73.0 cm³/mol. The standard InChI is InChI=1S/C13H22OS2/c1-12-5-2-6-13(14,10(12)4-7-12)11-15-8-3-9-16-11/h10-11,14H,2-9H2,1H3. The summed E-state index contributed by atoms with van der Waals surface area (Å²) in [6.45, 7) is 2.41. The van der Waals surface area contributed by atoms with Crippen molar-refractivity contribution in [3.63, 3.8) is 0 Å². The lowest BCUT2D eigenvalue weighted by Crippen LogP contribution is -2.60. The van der Waals surface area contributed by atoms with Crippen molar-refractivity contribution in [2.45, 2.75) is 55.6 Å². The van der Waals surface area contributed by atoms with E-state index in [-0.39, 0.29) is 5.60 Å². The van der Waals surface area contributed by atoms with Crippen molar-refractivity contribution in [3.8, 4) is 0 Å². The summed E-state index contributed by atoms with van der Waals surface area (Å²) in [7, 11) is 0. The van der Waals surface area contributed by atoms with Crippen LogP contribution < -0.4 is 0 Å². The van der Waals surface area contributed by atoms with Gasteiger partial charge in [0.25, 0.3) is 0 Å². The van der Waals surface area contributed by atoms with Gasteiger partial charge in [-0.15, -0.1) is 23.5 Å². The first-order chi connectivity index (χ1) is 7.65. The molecule has 3 atom stereocenters. The highest BCUT2D eigenvalue weighted by Gasteiger charge is 2.58. The summed E-state index contributed by atoms with van der Waals surface area (Å²) in [6.07, 6.45) is 7.58. The molecule has 3 unspecified atom stereocenters. The minimum Gasteiger partial charge on any atom is -0.388 e. The molecule has 0 aromatic carbocycles. The van der Waals surface area contributed by atoms with E-state index in [1.807, 2.05) is 23.5 Å². The lowest BCUT2D eigenvalue weighted by molar-refractivity contribution is -0.150. The molecular formula is C13H22OS2. The van der Waals surface area contributed by atoms with Crippen LogP contribution in [0.2, 0.25) is 0 Å². The van der Waals surface area contributed by atoms with Crippen molar-refractivity contribution in [2.24, 2.45) is 11.3 Å². The molecular weight excluding hydrogens is 236 g/mol. The van der Waals surface area contributed by atoms with Crippen LogP contribution in [0.5, 0.6) is 0 Å². The van der Waals surface area contributed by atoms with Gasteiger partial charge >= 0.3 is 0 Å². The quantitative estimate of drug-likeness (QED) is 0.777. The van der Waals surface area contributed by atoms with E-state index in [4.69, 9.17) is 0 Å². The first-order valence-corrected chi connectivity index (χ1v) is 8.70. The molecule has 1 aliphatic heterocycles. The highest BCUT2D eigenvalue weighted by atomic mass is 32.2. The minimum atomic E-state index is -0.346. The molecule has 1 heterocycles. The number of hydrogen-bond acceptors (Lipinski definition) is 3. The molecule has 2 aliphatic carbocycles. The van der Waals surface area contributed by atoms with Crippen LogP contribution in [0.3, 0.4) is 0 Å². The maximum atomic E-state index is 11.1. The largest absolute Gasteiger partial charge is 0.388 e. The first kappa shape index (κ1) is 11.7. The summed E-state index contributed by atoms with van der Waals surface area (Å²) in [6, 6.07) is 0. The third kappa shape index (κ3) is 1.65. The summed E-state index contributed by atoms with van der Waals surface area (Å²) in [5, 5.41) is 11.1. The lowest BCUT2D eigenvalue weighted by Gasteiger charge is -2.60. The van der Waals surface area contributed by atoms with Crippen LogP contribution in [0, 0.1) is 11.3 Å². The molecule has 3 fully saturated rings. The highest BCUT2D eigenvalue weighted by molar-refractivity contribution is 8.17. The maximum absolute atomic E-state index is 11.1. The van der Waals surface area contributed by atoms with Gasteiger partial charge in [0.2, 0.25) is 0 Å². The summed E-state index contributed by atoms with van der Waals surface area (Å²) in [5.74, 6) is 3.10. The van der Waals surface area contributed by atoms with Crippen LogP contribution in [0.15, 0.2) is 0 Å². The Bertz CT molecular complexity index is 277. The van der Waals surface area contributed by atoms with E-state index in [1.54, 1.807) is 0 Å². The highest BCUT2D eigenvalue weighted by Crippen LogP contribution is 2.62. The topological polar surface area (TPSA) is 20.2 Å². The van der Waals surface area contributed by atoms with Gasteiger partial charge in [0.15, 0.2) is 0 Å². The second-order valence-corrected chi connectivity index (χ2v) is 8.74. The molecule has 92 valence electrons. The molecule has 16 heavy (non-hydrogen) atoms. The van der Waals surface area contributed by atoms with Crippen LogP contribution in [0.25, 0.3) is 0 Å². The molecule has 0 aromatic heterocycles. The number of fused-ring (bicyclic) bond motifs is 1. The first-order valence-electron chi connectivity index (χ1n) is 6.61. The Labute approximate surface area is 107 Å². The van der Waals surface area contributed by atoms with Crippen molar-refractivity contribution in [2.75, 3.05) is 11.5 Å². The molecule has 0 spiro atoms. The molecule has 0 bridgehead atoms. The number of thioether (sulfide) groups is 2. The SMILES string of the molecule is CC12CCCC(O)(C3SCCCS3)C1CC2. The van der Waals surface area contributed by atoms with Crippen LogP contribution in [-0.2, 0) is 0 Å². The Morgan fingerprint density at radius 1 is 1.06 bits per heavy atom. The zero-order valence-electron chi connectivity index (χ0n) is 10.1. The van der Waals surface area contributed by atoms with Gasteiger partial charge in [0.05, 0.1) is 10.2 Å². The summed E-state index contributed by atoms with van der Waals surface area (Å²) in [4.78, 5) is 0. The smallest absolute Gasteiger partial charge is 0.0890 e. The lowest BCUT2D eigenvalue weighted by atomic mass is 9.50. The van der Waals surface area contributed by atoms with Crippen molar-refractivity contribution >= 4 is 23.5 Å². The second-order valence-electron chi connectivity index (χ2n) is 6.02. The van der Waals surface area contributed by atoms with Gasteiger partial charge in [-0.05, 0) is 61.4 Å². The molecule has 1 N–H and O–H groups in total. The summed E-state index contributed by atoms with van der Waals surface area (Å²) < 4.78 is 0.464. The Morgan fingerprint density at radius 3 is 2.44 bits per heavy atom. The molecule has 3 aliphatic rings. The summed E-state index contributed by atoms with van der Waals surface area (Å²) in [5.41, 5.74) is 0.132. The molecule has 0 amide bonds. The third-order valence-electron chi connectivity index (χ3n) is 5.01. The average molecular weight is 258 g/mol. The van der Waals surface area contributed by atoms with Gasteiger partial charge in [0, 0.05) is 0 Å². The van der Waals surface area contributed by atoms with Gasteiger partial charge in [-0.2, -0.15) is 0 Å². The normalized spacial score (nSPS) is 49.5. The molecule has 3 heteroatoms. The monoisotopic (exact) mass is 258 g/mol. The molecule has 3 rings (SSSR count). The zero-order valence-corrected chi connectivity index (χ0v) is 11.7. The maximum Gasteiger partial charge on any atom is 0.0890 e. The fraction of sp³-hybridized carbons (Fsp3) is 1.00. The van der Waals surface area contributed by atoms with Gasteiger partial charge in [-0.25, -0.2) is 0 Å². The van der Waals surface area contributed by atoms with E-state index < -0.39 is 0 Å². The minimum absolute atomic E-state index is 0.346. The molecule has 1 nitrogen and oxygen atoms in total. The molecule has 0 aromatic rings. The van der Waals surface area contributed by atoms with Crippen molar-refractivity contribution in [1.29, 1.82) is 0 Å². The van der Waals surface area contributed by atoms with E-state index in [0.717, 1.165) is 6.42 Å². The zero-order chi connectivity index (χ0) is 11.2. The van der Waals surface area contributed by atoms with Gasteiger partial charge in [0.1, 0.15) is 0 Å². The van der Waals surface area contributed by atoms with E-state index in [2.05, 4.69) is 6.92 Å². The van der Waals surface area contributed by atoms with Gasteiger partial charge in [-0.3, -0.25) is 0 Å². The second kappa shape index (κ2) is 4.10. The Hall–Kier alpha value is 0.660. The molecule has 2 saturated carbocycles. The van der Waals surface area contributed by atoms with Crippen LogP contribution in [0.4, 0.5) is 0 Å². The van der Waals surface area contributed by atoms with Crippen LogP contribution in [-0.4, -0.2) is 26.8 Å². The van der Waals surface area contributed by atoms with Gasteiger partial charge < -0.3 is 5.11 Å². The number of aliphatic hydroxyl groups is 1. The fourth-order valence-corrected chi connectivity index (χ4v) is 7.28. The van der Waals surface area contributed by atoms with Gasteiger partial charge in [-0.1, -0.05) is 6.92 Å². The Morgan fingerprint density at radius 2 is 1.81 bits per heavy atom. The van der Waals surface area contributed by atoms with Crippen LogP contribution in [0.1, 0.15) is 45.4 Å². The van der Waals surface area contributed by atoms with Crippen molar-refractivity contribution in [3.05, 3.63) is 0 Å². The Kier molecular flexibility index (Phi) is 3.00. The van der Waals surface area contributed by atoms with E-state index >= 15 is 0 Å². The van der Waals surface area contributed by atoms with Crippen LogP contribution >= 0.6 is 23.5 Å². The number of hydrogen-bond donors (Lipinski definition) is 1. The van der Waals surface area contributed by atoms with Crippen molar-refractivity contribution < 1.29 is 5.11 Å². The third-order valence-corrected chi connectivity index (χ3v) is 8.30. The van der Waals surface area contributed by atoms with Crippen molar-refractivity contribution in [1.82, 2.24) is 0 Å². The van der Waals surface area contributed by atoms with E-state index in [1.165, 1.54) is 43.6 Å². The molecule has 0 radical (unpaired) electrons. The average Bonchev–Trinajstić information content (AvgIpc) is 2.27. The number of rotatable bonds is 1. The Balaban J connectivity index is 1.80. The fourth-order valence-electron chi connectivity index (χ4n) is 3.94. The molecule has 1 saturated heterocycles. The predicted octanol–water partition coefficient (Wildman–Crippen LogP) is 3.51. The van der Waals surface area contributed by atoms with E-state index in [9.17, 15) is 5.11 Å². The summed E-state index contributed by atoms with van der Waals surface area (Å²) >= 11 is 4.04. The van der Waals surface area contributed by atoms with E-state index in [0.29, 0.717) is 15.9 Å².